The number of anilines is 1. The average Bonchev–Trinajstić information content (AvgIpc) is 3.59. The molecule has 2 aromatic carbocycles. The minimum atomic E-state index is -0.215. The first-order chi connectivity index (χ1) is 19.2. The van der Waals surface area contributed by atoms with Crippen LogP contribution in [0, 0.1) is 0 Å². The van der Waals surface area contributed by atoms with Crippen LogP contribution in [0.25, 0.3) is 22.2 Å². The number of nitrogens with one attached hydrogen (secondary N) is 2. The van der Waals surface area contributed by atoms with E-state index in [-0.39, 0.29) is 36.2 Å². The quantitative estimate of drug-likeness (QED) is 0.215. The third kappa shape index (κ3) is 5.40. The summed E-state index contributed by atoms with van der Waals surface area (Å²) in [6.45, 7) is 11.0. The summed E-state index contributed by atoms with van der Waals surface area (Å²) in [6.07, 6.45) is 4.01. The highest BCUT2D eigenvalue weighted by Gasteiger charge is 2.27. The van der Waals surface area contributed by atoms with Gasteiger partial charge in [-0.2, -0.15) is 5.10 Å². The highest BCUT2D eigenvalue weighted by atomic mass is 16.3. The molecule has 2 aromatic heterocycles. The number of rotatable bonds is 8. The van der Waals surface area contributed by atoms with Crippen LogP contribution in [0.1, 0.15) is 54.2 Å². The maximum absolute atomic E-state index is 13.3. The highest BCUT2D eigenvalue weighted by Crippen LogP contribution is 2.36. The zero-order chi connectivity index (χ0) is 28.4. The number of aromatic amines is 1. The summed E-state index contributed by atoms with van der Waals surface area (Å²) < 4.78 is 0. The van der Waals surface area contributed by atoms with E-state index in [4.69, 9.17) is 0 Å². The molecular weight excluding hydrogens is 502 g/mol. The molecule has 5 rings (SSSR count). The van der Waals surface area contributed by atoms with Crippen LogP contribution in [0.5, 0.6) is 0 Å². The van der Waals surface area contributed by atoms with Crippen molar-refractivity contribution >= 4 is 28.5 Å². The van der Waals surface area contributed by atoms with E-state index >= 15 is 0 Å². The Labute approximate surface area is 234 Å². The zero-order valence-electron chi connectivity index (χ0n) is 23.2. The Hall–Kier alpha value is -4.30. The first kappa shape index (κ1) is 27.3. The number of likely N-dealkylation sites (tertiary alicyclic amines) is 1. The first-order valence-corrected chi connectivity index (χ1v) is 13.6. The number of aromatic nitrogens is 3. The minimum absolute atomic E-state index is 0.00212. The number of hydrogen-bond donors (Lipinski definition) is 3. The Bertz CT molecular complexity index is 1570. The summed E-state index contributed by atoms with van der Waals surface area (Å²) >= 11 is 0. The Balaban J connectivity index is 1.45. The van der Waals surface area contributed by atoms with Crippen molar-refractivity contribution < 1.29 is 14.7 Å². The molecule has 0 saturated carbocycles. The van der Waals surface area contributed by atoms with Gasteiger partial charge in [0.1, 0.15) is 0 Å². The Morgan fingerprint density at radius 2 is 1.93 bits per heavy atom. The summed E-state index contributed by atoms with van der Waals surface area (Å²) in [6, 6.07) is 15.5. The molecule has 40 heavy (non-hydrogen) atoms. The van der Waals surface area contributed by atoms with E-state index in [1.165, 1.54) is 11.6 Å². The number of aliphatic hydroxyl groups excluding tert-OH is 1. The van der Waals surface area contributed by atoms with Crippen molar-refractivity contribution in [1.82, 2.24) is 20.1 Å². The molecule has 0 unspecified atom stereocenters. The van der Waals surface area contributed by atoms with Gasteiger partial charge < -0.3 is 15.3 Å². The van der Waals surface area contributed by atoms with Gasteiger partial charge >= 0.3 is 0 Å². The van der Waals surface area contributed by atoms with E-state index in [1.807, 2.05) is 48.5 Å². The van der Waals surface area contributed by atoms with Crippen LogP contribution in [0.3, 0.4) is 0 Å². The van der Waals surface area contributed by atoms with Crippen LogP contribution < -0.4 is 5.32 Å². The number of H-pyrrole nitrogens is 1. The maximum atomic E-state index is 13.3. The van der Waals surface area contributed by atoms with Gasteiger partial charge in [-0.3, -0.25) is 14.7 Å². The molecule has 1 aliphatic heterocycles. The number of carbonyl (C=O) groups is 2. The van der Waals surface area contributed by atoms with Crippen LogP contribution >= 0.6 is 0 Å². The fourth-order valence-corrected chi connectivity index (χ4v) is 5.35. The number of pyridine rings is 1. The Morgan fingerprint density at radius 3 is 2.62 bits per heavy atom. The fraction of sp³-hybridized carbons (Fsp3) is 0.312. The molecule has 3 N–H and O–H groups in total. The second-order valence-electron chi connectivity index (χ2n) is 11.3. The monoisotopic (exact) mass is 537 g/mol. The van der Waals surface area contributed by atoms with Gasteiger partial charge in [0.05, 0.1) is 12.0 Å². The lowest BCUT2D eigenvalue weighted by Crippen LogP contribution is -2.30. The van der Waals surface area contributed by atoms with Crippen molar-refractivity contribution in [2.24, 2.45) is 0 Å². The van der Waals surface area contributed by atoms with Crippen molar-refractivity contribution in [3.63, 3.8) is 0 Å². The van der Waals surface area contributed by atoms with Gasteiger partial charge in [-0.15, -0.1) is 0 Å². The second kappa shape index (κ2) is 11.1. The van der Waals surface area contributed by atoms with Crippen molar-refractivity contribution in [3.8, 4) is 11.1 Å². The van der Waals surface area contributed by atoms with Gasteiger partial charge in [-0.25, -0.2) is 4.98 Å². The molecule has 4 aromatic rings. The normalized spacial score (nSPS) is 15.4. The number of hydrogen-bond acceptors (Lipinski definition) is 6. The number of ketones is 1. The maximum Gasteiger partial charge on any atom is 0.246 e. The number of fused-ring (bicyclic) bond motifs is 1. The second-order valence-corrected chi connectivity index (χ2v) is 11.3. The third-order valence-corrected chi connectivity index (χ3v) is 7.62. The van der Waals surface area contributed by atoms with Crippen LogP contribution in [0.4, 0.5) is 5.82 Å². The van der Waals surface area contributed by atoms with Crippen LogP contribution in [-0.2, 0) is 23.2 Å². The number of carbonyl (C=O) groups excluding carboxylic acids is 2. The SMILES string of the molecule is C=CC(=O)N1CC[C@@H](Nc2n[nH]c3nccc(-c4cccc(CC(=O)c5ccc(C(C)(C)C)cc5)c4CO)c23)C1. The summed E-state index contributed by atoms with van der Waals surface area (Å²) in [5, 5.41) is 22.2. The molecule has 1 amide bonds. The molecule has 1 fully saturated rings. The van der Waals surface area contributed by atoms with Gasteiger partial charge in [-0.05, 0) is 51.8 Å². The predicted octanol–water partition coefficient (Wildman–Crippen LogP) is 5.04. The van der Waals surface area contributed by atoms with Crippen LogP contribution in [0.15, 0.2) is 67.4 Å². The number of nitrogens with zero attached hydrogens (tertiary/aromatic N) is 3. The van der Waals surface area contributed by atoms with E-state index in [0.29, 0.717) is 35.7 Å². The fourth-order valence-electron chi connectivity index (χ4n) is 5.35. The lowest BCUT2D eigenvalue weighted by molar-refractivity contribution is -0.125. The zero-order valence-corrected chi connectivity index (χ0v) is 23.2. The van der Waals surface area contributed by atoms with Gasteiger partial charge in [0.2, 0.25) is 5.91 Å². The van der Waals surface area contributed by atoms with E-state index in [9.17, 15) is 14.7 Å². The van der Waals surface area contributed by atoms with Crippen LogP contribution in [-0.4, -0.2) is 56.0 Å². The molecular formula is C32H35N5O3. The molecule has 0 radical (unpaired) electrons. The van der Waals surface area contributed by atoms with E-state index in [0.717, 1.165) is 28.5 Å². The molecule has 8 heteroatoms. The smallest absolute Gasteiger partial charge is 0.246 e. The van der Waals surface area contributed by atoms with Crippen LogP contribution in [0.2, 0.25) is 0 Å². The van der Waals surface area contributed by atoms with E-state index in [1.54, 1.807) is 11.1 Å². The number of Topliss-reactive ketones (excluding diaryl/α,β-unsaturated/α-hetero) is 1. The molecule has 1 aliphatic rings. The van der Waals surface area contributed by atoms with Gasteiger partial charge in [0, 0.05) is 37.3 Å². The van der Waals surface area contributed by atoms with Gasteiger partial charge in [0.15, 0.2) is 17.2 Å². The van der Waals surface area contributed by atoms with Crippen molar-refractivity contribution in [3.05, 3.63) is 89.6 Å². The number of amides is 1. The summed E-state index contributed by atoms with van der Waals surface area (Å²) in [4.78, 5) is 31.5. The standard InChI is InChI=1S/C32H35N5O3/c1-5-28(40)37-16-14-23(18-37)34-31-29-25(13-15-33-30(29)35-36-31)24-8-6-7-21(26(24)19-38)17-27(39)20-9-11-22(12-10-20)32(2,3)4/h5-13,15,23,38H,1,14,16-19H2,2-4H3,(H2,33,34,35,36)/t23-/m1/s1. The molecule has 206 valence electrons. The lowest BCUT2D eigenvalue weighted by atomic mass is 9.86. The Morgan fingerprint density at radius 1 is 1.15 bits per heavy atom. The molecule has 0 spiro atoms. The van der Waals surface area contributed by atoms with E-state index < -0.39 is 0 Å². The molecule has 1 atom stereocenters. The summed E-state index contributed by atoms with van der Waals surface area (Å²) in [5.41, 5.74) is 5.60. The number of benzene rings is 2. The van der Waals surface area contributed by atoms with E-state index in [2.05, 4.69) is 47.8 Å². The molecule has 0 aliphatic carbocycles. The molecule has 0 bridgehead atoms. The van der Waals surface area contributed by atoms with Crippen molar-refractivity contribution in [1.29, 1.82) is 0 Å². The van der Waals surface area contributed by atoms with Crippen molar-refractivity contribution in [2.75, 3.05) is 18.4 Å². The predicted molar refractivity (Wildman–Crippen MR) is 157 cm³/mol. The van der Waals surface area contributed by atoms with Crippen molar-refractivity contribution in [2.45, 2.75) is 51.7 Å². The third-order valence-electron chi connectivity index (χ3n) is 7.62. The lowest BCUT2D eigenvalue weighted by Gasteiger charge is -2.19. The summed E-state index contributed by atoms with van der Waals surface area (Å²) in [7, 11) is 0. The molecule has 8 nitrogen and oxygen atoms in total. The highest BCUT2D eigenvalue weighted by molar-refractivity contribution is 6.02. The van der Waals surface area contributed by atoms with Gasteiger partial charge in [-0.1, -0.05) is 69.8 Å². The summed E-state index contributed by atoms with van der Waals surface area (Å²) in [5.74, 6) is 0.556. The average molecular weight is 538 g/mol. The minimum Gasteiger partial charge on any atom is -0.392 e. The molecule has 3 heterocycles. The first-order valence-electron chi connectivity index (χ1n) is 13.6. The Kier molecular flexibility index (Phi) is 7.54. The topological polar surface area (TPSA) is 111 Å². The largest absolute Gasteiger partial charge is 0.392 e. The number of aliphatic hydroxyl groups is 1. The molecule has 1 saturated heterocycles. The van der Waals surface area contributed by atoms with Gasteiger partial charge in [0.25, 0.3) is 0 Å².